The minimum absolute atomic E-state index is 0.224. The number of benzene rings is 1. The summed E-state index contributed by atoms with van der Waals surface area (Å²) in [7, 11) is 1.62. The molecule has 0 saturated heterocycles. The van der Waals surface area contributed by atoms with Crippen LogP contribution in [-0.2, 0) is 6.42 Å². The zero-order chi connectivity index (χ0) is 13.6. The highest BCUT2D eigenvalue weighted by atomic mass is 16.5. The van der Waals surface area contributed by atoms with Crippen LogP contribution in [0.25, 0.3) is 0 Å². The number of ether oxygens (including phenoxy) is 2. The minimum atomic E-state index is -0.878. The summed E-state index contributed by atoms with van der Waals surface area (Å²) in [4.78, 5) is 0. The molecule has 0 saturated carbocycles. The maximum atomic E-state index is 9.77. The third-order valence-corrected chi connectivity index (χ3v) is 2.97. The van der Waals surface area contributed by atoms with Gasteiger partial charge in [-0.3, -0.25) is 0 Å². The number of hydrogen-bond acceptors (Lipinski definition) is 4. The fourth-order valence-corrected chi connectivity index (χ4v) is 1.53. The van der Waals surface area contributed by atoms with E-state index in [4.69, 9.17) is 15.2 Å². The van der Waals surface area contributed by atoms with E-state index in [1.807, 2.05) is 18.2 Å². The lowest BCUT2D eigenvalue weighted by Gasteiger charge is -2.21. The highest BCUT2D eigenvalue weighted by molar-refractivity contribution is 5.42. The zero-order valence-corrected chi connectivity index (χ0v) is 11.4. The molecule has 0 fully saturated rings. The molecule has 102 valence electrons. The SMILES string of the molecule is CCc1ccc(OCCC(C)(O)CN)c(OC)c1. The molecule has 1 aromatic carbocycles. The number of methoxy groups -OCH3 is 1. The van der Waals surface area contributed by atoms with Crippen LogP contribution in [0, 0.1) is 0 Å². The second kappa shape index (κ2) is 6.61. The third-order valence-electron chi connectivity index (χ3n) is 2.97. The van der Waals surface area contributed by atoms with Crippen LogP contribution in [0.3, 0.4) is 0 Å². The minimum Gasteiger partial charge on any atom is -0.493 e. The van der Waals surface area contributed by atoms with Crippen LogP contribution in [0.1, 0.15) is 25.8 Å². The molecular weight excluding hydrogens is 230 g/mol. The molecule has 3 N–H and O–H groups in total. The summed E-state index contributed by atoms with van der Waals surface area (Å²) in [5, 5.41) is 9.77. The Labute approximate surface area is 109 Å². The first-order valence-corrected chi connectivity index (χ1v) is 6.24. The van der Waals surface area contributed by atoms with Gasteiger partial charge in [0.15, 0.2) is 11.5 Å². The Morgan fingerprint density at radius 2 is 2.06 bits per heavy atom. The molecule has 1 rings (SSSR count). The van der Waals surface area contributed by atoms with E-state index in [0.717, 1.165) is 12.2 Å². The van der Waals surface area contributed by atoms with Gasteiger partial charge in [-0.25, -0.2) is 0 Å². The van der Waals surface area contributed by atoms with Gasteiger partial charge in [0, 0.05) is 13.0 Å². The van der Waals surface area contributed by atoms with Crippen molar-refractivity contribution in [2.24, 2.45) is 5.73 Å². The van der Waals surface area contributed by atoms with E-state index in [-0.39, 0.29) is 6.54 Å². The van der Waals surface area contributed by atoms with E-state index in [1.165, 1.54) is 5.56 Å². The quantitative estimate of drug-likeness (QED) is 0.777. The second-order valence-corrected chi connectivity index (χ2v) is 4.64. The van der Waals surface area contributed by atoms with Gasteiger partial charge in [0.05, 0.1) is 19.3 Å². The van der Waals surface area contributed by atoms with Crippen LogP contribution in [-0.4, -0.2) is 31.0 Å². The summed E-state index contributed by atoms with van der Waals surface area (Å²) in [6.45, 7) is 4.43. The maximum absolute atomic E-state index is 9.77. The number of rotatable bonds is 7. The van der Waals surface area contributed by atoms with Gasteiger partial charge in [0.1, 0.15) is 0 Å². The lowest BCUT2D eigenvalue weighted by atomic mass is 10.0. The van der Waals surface area contributed by atoms with Gasteiger partial charge in [-0.1, -0.05) is 13.0 Å². The predicted molar refractivity (Wildman–Crippen MR) is 72.2 cm³/mol. The normalized spacial score (nSPS) is 14.1. The number of aliphatic hydroxyl groups is 1. The van der Waals surface area contributed by atoms with Crippen molar-refractivity contribution in [1.82, 2.24) is 0 Å². The molecule has 0 radical (unpaired) electrons. The van der Waals surface area contributed by atoms with Crippen molar-refractivity contribution in [3.05, 3.63) is 23.8 Å². The van der Waals surface area contributed by atoms with Crippen molar-refractivity contribution < 1.29 is 14.6 Å². The molecule has 0 spiro atoms. The van der Waals surface area contributed by atoms with Crippen molar-refractivity contribution in [3.8, 4) is 11.5 Å². The van der Waals surface area contributed by atoms with Crippen molar-refractivity contribution in [2.75, 3.05) is 20.3 Å². The first-order valence-electron chi connectivity index (χ1n) is 6.24. The molecule has 0 aromatic heterocycles. The van der Waals surface area contributed by atoms with Crippen molar-refractivity contribution >= 4 is 0 Å². The smallest absolute Gasteiger partial charge is 0.161 e. The Kier molecular flexibility index (Phi) is 5.44. The van der Waals surface area contributed by atoms with Gasteiger partial charge in [0.25, 0.3) is 0 Å². The standard InChI is InChI=1S/C14H23NO3/c1-4-11-5-6-12(13(9-11)17-3)18-8-7-14(2,16)10-15/h5-6,9,16H,4,7-8,10,15H2,1-3H3. The number of nitrogens with two attached hydrogens (primary N) is 1. The maximum Gasteiger partial charge on any atom is 0.161 e. The summed E-state index contributed by atoms with van der Waals surface area (Å²) in [6, 6.07) is 5.88. The molecule has 4 nitrogen and oxygen atoms in total. The van der Waals surface area contributed by atoms with Crippen molar-refractivity contribution in [1.29, 1.82) is 0 Å². The topological polar surface area (TPSA) is 64.7 Å². The second-order valence-electron chi connectivity index (χ2n) is 4.64. The Morgan fingerprint density at radius 1 is 1.33 bits per heavy atom. The van der Waals surface area contributed by atoms with Crippen molar-refractivity contribution in [3.63, 3.8) is 0 Å². The highest BCUT2D eigenvalue weighted by Crippen LogP contribution is 2.28. The molecule has 0 aliphatic carbocycles. The number of hydrogen-bond donors (Lipinski definition) is 2. The summed E-state index contributed by atoms with van der Waals surface area (Å²) in [5.41, 5.74) is 5.77. The molecule has 0 heterocycles. The van der Waals surface area contributed by atoms with Crippen LogP contribution in [0.5, 0.6) is 11.5 Å². The fourth-order valence-electron chi connectivity index (χ4n) is 1.53. The van der Waals surface area contributed by atoms with Crippen LogP contribution >= 0.6 is 0 Å². The van der Waals surface area contributed by atoms with E-state index in [1.54, 1.807) is 14.0 Å². The third kappa shape index (κ3) is 4.20. The van der Waals surface area contributed by atoms with E-state index < -0.39 is 5.60 Å². The van der Waals surface area contributed by atoms with E-state index in [9.17, 15) is 5.11 Å². The van der Waals surface area contributed by atoms with Gasteiger partial charge in [-0.05, 0) is 31.0 Å². The molecule has 18 heavy (non-hydrogen) atoms. The zero-order valence-electron chi connectivity index (χ0n) is 11.4. The average Bonchev–Trinajstić information content (AvgIpc) is 2.38. The van der Waals surface area contributed by atoms with Crippen molar-refractivity contribution in [2.45, 2.75) is 32.3 Å². The molecule has 0 aliphatic rings. The molecule has 1 aromatic rings. The summed E-state index contributed by atoms with van der Waals surface area (Å²) >= 11 is 0. The summed E-state index contributed by atoms with van der Waals surface area (Å²) in [5.74, 6) is 1.42. The largest absolute Gasteiger partial charge is 0.493 e. The van der Waals surface area contributed by atoms with E-state index >= 15 is 0 Å². The van der Waals surface area contributed by atoms with Gasteiger partial charge < -0.3 is 20.3 Å². The molecule has 4 heteroatoms. The van der Waals surface area contributed by atoms with Crippen LogP contribution in [0.2, 0.25) is 0 Å². The van der Waals surface area contributed by atoms with E-state index in [0.29, 0.717) is 18.8 Å². The monoisotopic (exact) mass is 253 g/mol. The van der Waals surface area contributed by atoms with E-state index in [2.05, 4.69) is 6.92 Å². The van der Waals surface area contributed by atoms with Gasteiger partial charge in [0.2, 0.25) is 0 Å². The Bertz CT molecular complexity index is 377. The molecule has 1 atom stereocenters. The van der Waals surface area contributed by atoms with Crippen LogP contribution < -0.4 is 15.2 Å². The summed E-state index contributed by atoms with van der Waals surface area (Å²) in [6.07, 6.45) is 1.45. The molecular formula is C14H23NO3. The first-order chi connectivity index (χ1) is 8.52. The Hall–Kier alpha value is -1.26. The predicted octanol–water partition coefficient (Wildman–Crippen LogP) is 1.74. The first kappa shape index (κ1) is 14.8. The Balaban J connectivity index is 2.62. The fraction of sp³-hybridized carbons (Fsp3) is 0.571. The van der Waals surface area contributed by atoms with Gasteiger partial charge in [-0.2, -0.15) is 0 Å². The lowest BCUT2D eigenvalue weighted by Crippen LogP contribution is -2.35. The van der Waals surface area contributed by atoms with Crippen LogP contribution in [0.4, 0.5) is 0 Å². The van der Waals surface area contributed by atoms with Gasteiger partial charge >= 0.3 is 0 Å². The molecule has 0 aliphatic heterocycles. The average molecular weight is 253 g/mol. The van der Waals surface area contributed by atoms with Gasteiger partial charge in [-0.15, -0.1) is 0 Å². The Morgan fingerprint density at radius 3 is 2.61 bits per heavy atom. The highest BCUT2D eigenvalue weighted by Gasteiger charge is 2.18. The molecule has 0 amide bonds. The number of aryl methyl sites for hydroxylation is 1. The molecule has 1 unspecified atom stereocenters. The lowest BCUT2D eigenvalue weighted by molar-refractivity contribution is 0.0450. The van der Waals surface area contributed by atoms with Crippen LogP contribution in [0.15, 0.2) is 18.2 Å². The molecule has 0 bridgehead atoms. The summed E-state index contributed by atoms with van der Waals surface area (Å²) < 4.78 is 10.9.